The van der Waals surface area contributed by atoms with Crippen molar-refractivity contribution in [3.05, 3.63) is 35.9 Å². The van der Waals surface area contributed by atoms with Gasteiger partial charge in [0.1, 0.15) is 0 Å². The SMILES string of the molecule is C[C@@H]1CC2(CCCN2Cc2ccccc2)C[C@H]1C. The number of benzene rings is 1. The summed E-state index contributed by atoms with van der Waals surface area (Å²) >= 11 is 0. The molecule has 0 bridgehead atoms. The lowest BCUT2D eigenvalue weighted by Crippen LogP contribution is -2.41. The van der Waals surface area contributed by atoms with Crippen molar-refractivity contribution in [2.75, 3.05) is 6.54 Å². The molecule has 1 heterocycles. The van der Waals surface area contributed by atoms with Gasteiger partial charge in [0.05, 0.1) is 0 Å². The van der Waals surface area contributed by atoms with Crippen molar-refractivity contribution in [2.24, 2.45) is 11.8 Å². The van der Waals surface area contributed by atoms with E-state index in [4.69, 9.17) is 0 Å². The fourth-order valence-electron chi connectivity index (χ4n) is 4.19. The first-order chi connectivity index (χ1) is 8.70. The fraction of sp³-hybridized carbons (Fsp3) is 0.647. The van der Waals surface area contributed by atoms with Crippen molar-refractivity contribution in [1.82, 2.24) is 4.90 Å². The van der Waals surface area contributed by atoms with Crippen LogP contribution in [0.15, 0.2) is 30.3 Å². The molecule has 1 nitrogen and oxygen atoms in total. The molecule has 3 rings (SSSR count). The fourth-order valence-corrected chi connectivity index (χ4v) is 4.19. The van der Waals surface area contributed by atoms with Crippen molar-refractivity contribution in [2.45, 2.75) is 51.6 Å². The Morgan fingerprint density at radius 2 is 1.78 bits per heavy atom. The van der Waals surface area contributed by atoms with Gasteiger partial charge in [-0.1, -0.05) is 44.2 Å². The van der Waals surface area contributed by atoms with Gasteiger partial charge in [-0.25, -0.2) is 0 Å². The Hall–Kier alpha value is -0.820. The van der Waals surface area contributed by atoms with Gasteiger partial charge in [-0.05, 0) is 49.6 Å². The van der Waals surface area contributed by atoms with E-state index < -0.39 is 0 Å². The molecule has 98 valence electrons. The lowest BCUT2D eigenvalue weighted by molar-refractivity contribution is 0.129. The van der Waals surface area contributed by atoms with Crippen molar-refractivity contribution in [1.29, 1.82) is 0 Å². The maximum absolute atomic E-state index is 2.78. The van der Waals surface area contributed by atoms with Crippen LogP contribution in [0.5, 0.6) is 0 Å². The highest BCUT2D eigenvalue weighted by Gasteiger charge is 2.47. The van der Waals surface area contributed by atoms with E-state index in [2.05, 4.69) is 49.1 Å². The van der Waals surface area contributed by atoms with Crippen molar-refractivity contribution in [3.8, 4) is 0 Å². The standard InChI is InChI=1S/C17H25N/c1-14-11-17(12-15(14)2)9-6-10-18(17)13-16-7-4-3-5-8-16/h3-5,7-8,14-15H,6,9-13H2,1-2H3/t14-,15-/m1/s1. The Bertz CT molecular complexity index is 387. The molecule has 0 aromatic heterocycles. The molecule has 2 fully saturated rings. The minimum Gasteiger partial charge on any atom is -0.293 e. The molecule has 1 saturated carbocycles. The highest BCUT2D eigenvalue weighted by atomic mass is 15.2. The van der Waals surface area contributed by atoms with E-state index in [0.717, 1.165) is 18.4 Å². The van der Waals surface area contributed by atoms with E-state index in [1.54, 1.807) is 0 Å². The van der Waals surface area contributed by atoms with Gasteiger partial charge in [0.25, 0.3) is 0 Å². The summed E-state index contributed by atoms with van der Waals surface area (Å²) in [4.78, 5) is 2.78. The quantitative estimate of drug-likeness (QED) is 0.756. The van der Waals surface area contributed by atoms with Gasteiger partial charge in [-0.15, -0.1) is 0 Å². The zero-order chi connectivity index (χ0) is 12.6. The third-order valence-electron chi connectivity index (χ3n) is 5.33. The molecule has 1 saturated heterocycles. The smallest absolute Gasteiger partial charge is 0.0239 e. The molecule has 2 aliphatic rings. The number of hydrogen-bond acceptors (Lipinski definition) is 1. The summed E-state index contributed by atoms with van der Waals surface area (Å²) in [6.07, 6.45) is 5.66. The molecule has 1 aromatic rings. The Morgan fingerprint density at radius 3 is 2.44 bits per heavy atom. The molecule has 0 unspecified atom stereocenters. The first-order valence-corrected chi connectivity index (χ1v) is 7.49. The molecule has 18 heavy (non-hydrogen) atoms. The van der Waals surface area contributed by atoms with Gasteiger partial charge in [0.2, 0.25) is 0 Å². The minimum atomic E-state index is 0.536. The third kappa shape index (κ3) is 2.09. The van der Waals surface area contributed by atoms with Gasteiger partial charge in [0.15, 0.2) is 0 Å². The molecule has 1 aliphatic carbocycles. The summed E-state index contributed by atoms with van der Waals surface area (Å²) in [7, 11) is 0. The Morgan fingerprint density at radius 1 is 1.11 bits per heavy atom. The summed E-state index contributed by atoms with van der Waals surface area (Å²) < 4.78 is 0. The van der Waals surface area contributed by atoms with Crippen LogP contribution in [0.3, 0.4) is 0 Å². The first-order valence-electron chi connectivity index (χ1n) is 7.49. The number of rotatable bonds is 2. The molecule has 2 atom stereocenters. The topological polar surface area (TPSA) is 3.24 Å². The zero-order valence-corrected chi connectivity index (χ0v) is 11.7. The predicted molar refractivity (Wildman–Crippen MR) is 76.4 cm³/mol. The second kappa shape index (κ2) is 4.70. The molecular formula is C17H25N. The maximum atomic E-state index is 2.78. The summed E-state index contributed by atoms with van der Waals surface area (Å²) in [5.41, 5.74) is 2.01. The predicted octanol–water partition coefficient (Wildman–Crippen LogP) is 4.09. The summed E-state index contributed by atoms with van der Waals surface area (Å²) in [5.74, 6) is 1.81. The van der Waals surface area contributed by atoms with Gasteiger partial charge in [-0.3, -0.25) is 4.90 Å². The highest BCUT2D eigenvalue weighted by Crippen LogP contribution is 2.48. The van der Waals surface area contributed by atoms with E-state index in [-0.39, 0.29) is 0 Å². The van der Waals surface area contributed by atoms with Crippen LogP contribution in [0.1, 0.15) is 45.1 Å². The minimum absolute atomic E-state index is 0.536. The zero-order valence-electron chi connectivity index (χ0n) is 11.7. The Balaban J connectivity index is 1.76. The third-order valence-corrected chi connectivity index (χ3v) is 5.33. The average molecular weight is 243 g/mol. The van der Waals surface area contributed by atoms with Crippen LogP contribution in [0.4, 0.5) is 0 Å². The van der Waals surface area contributed by atoms with E-state index >= 15 is 0 Å². The monoisotopic (exact) mass is 243 g/mol. The summed E-state index contributed by atoms with van der Waals surface area (Å²) in [5, 5.41) is 0. The van der Waals surface area contributed by atoms with Crippen LogP contribution in [-0.4, -0.2) is 17.0 Å². The summed E-state index contributed by atoms with van der Waals surface area (Å²) in [6.45, 7) is 7.34. The van der Waals surface area contributed by atoms with Gasteiger partial charge in [0, 0.05) is 12.1 Å². The highest BCUT2D eigenvalue weighted by molar-refractivity contribution is 5.16. The van der Waals surface area contributed by atoms with Crippen molar-refractivity contribution >= 4 is 0 Å². The van der Waals surface area contributed by atoms with Crippen molar-refractivity contribution < 1.29 is 0 Å². The number of nitrogens with zero attached hydrogens (tertiary/aromatic N) is 1. The molecule has 0 N–H and O–H groups in total. The van der Waals surface area contributed by atoms with Gasteiger partial charge >= 0.3 is 0 Å². The molecule has 1 spiro atoms. The van der Waals surface area contributed by atoms with Gasteiger partial charge in [-0.2, -0.15) is 0 Å². The van der Waals surface area contributed by atoms with Crippen molar-refractivity contribution in [3.63, 3.8) is 0 Å². The normalized spacial score (nSPS) is 31.2. The first kappa shape index (κ1) is 12.2. The molecule has 0 radical (unpaired) electrons. The second-order valence-corrected chi connectivity index (χ2v) is 6.60. The van der Waals surface area contributed by atoms with Crippen LogP contribution in [0.25, 0.3) is 0 Å². The van der Waals surface area contributed by atoms with Gasteiger partial charge < -0.3 is 0 Å². The lowest BCUT2D eigenvalue weighted by Gasteiger charge is -2.35. The lowest BCUT2D eigenvalue weighted by atomic mass is 9.92. The van der Waals surface area contributed by atoms with E-state index in [9.17, 15) is 0 Å². The summed E-state index contributed by atoms with van der Waals surface area (Å²) in [6, 6.07) is 11.0. The largest absolute Gasteiger partial charge is 0.293 e. The molecule has 0 amide bonds. The van der Waals surface area contributed by atoms with Crippen LogP contribution in [0.2, 0.25) is 0 Å². The van der Waals surface area contributed by atoms with Crippen LogP contribution in [-0.2, 0) is 6.54 Å². The number of likely N-dealkylation sites (tertiary alicyclic amines) is 1. The van der Waals surface area contributed by atoms with Crippen LogP contribution < -0.4 is 0 Å². The maximum Gasteiger partial charge on any atom is 0.0239 e. The second-order valence-electron chi connectivity index (χ2n) is 6.60. The number of hydrogen-bond donors (Lipinski definition) is 0. The molecule has 1 aromatic carbocycles. The van der Waals surface area contributed by atoms with E-state index in [0.29, 0.717) is 5.54 Å². The van der Waals surface area contributed by atoms with E-state index in [1.165, 1.54) is 37.8 Å². The van der Waals surface area contributed by atoms with Crippen LogP contribution >= 0.6 is 0 Å². The Labute approximate surface area is 111 Å². The molecule has 1 heteroatoms. The van der Waals surface area contributed by atoms with E-state index in [1.807, 2.05) is 0 Å². The Kier molecular flexibility index (Phi) is 3.19. The molecule has 1 aliphatic heterocycles. The van der Waals surface area contributed by atoms with Crippen LogP contribution in [0, 0.1) is 11.8 Å². The molecular weight excluding hydrogens is 218 g/mol. The average Bonchev–Trinajstić information content (AvgIpc) is 2.86.